The third kappa shape index (κ3) is 3.34. The summed E-state index contributed by atoms with van der Waals surface area (Å²) in [5.74, 6) is 0.915. The maximum absolute atomic E-state index is 12.5. The monoisotopic (exact) mass is 370 g/mol. The number of anilines is 1. The summed E-state index contributed by atoms with van der Waals surface area (Å²) in [6.45, 7) is 0.926. The number of halogens is 1. The summed E-state index contributed by atoms with van der Waals surface area (Å²) >= 11 is 6.23. The van der Waals surface area contributed by atoms with Crippen molar-refractivity contribution in [3.63, 3.8) is 0 Å². The van der Waals surface area contributed by atoms with Crippen LogP contribution in [0.1, 0.15) is 5.56 Å². The van der Waals surface area contributed by atoms with Gasteiger partial charge in [-0.2, -0.15) is 5.10 Å². The molecule has 0 unspecified atom stereocenters. The minimum absolute atomic E-state index is 0.155. The maximum Gasteiger partial charge on any atom is 0.228 e. The van der Waals surface area contributed by atoms with E-state index >= 15 is 0 Å². The number of fused-ring (bicyclic) bond motifs is 1. The number of hydrogen-bond donors (Lipinski definition) is 1. The molecule has 1 amide bonds. The molecule has 3 aromatic rings. The summed E-state index contributed by atoms with van der Waals surface area (Å²) in [5, 5.41) is 7.45. The summed E-state index contributed by atoms with van der Waals surface area (Å²) in [7, 11) is 0. The van der Waals surface area contributed by atoms with Crippen LogP contribution in [0.5, 0.6) is 11.5 Å². The van der Waals surface area contributed by atoms with Gasteiger partial charge in [-0.15, -0.1) is 0 Å². The van der Waals surface area contributed by atoms with Crippen LogP contribution in [0.3, 0.4) is 0 Å². The predicted molar refractivity (Wildman–Crippen MR) is 96.1 cm³/mol. The molecule has 0 aliphatic carbocycles. The van der Waals surface area contributed by atoms with E-state index in [4.69, 9.17) is 21.1 Å². The van der Waals surface area contributed by atoms with Gasteiger partial charge < -0.3 is 14.8 Å². The van der Waals surface area contributed by atoms with Crippen molar-refractivity contribution in [2.75, 3.05) is 18.5 Å². The molecule has 2 aromatic carbocycles. The SMILES string of the molecule is O=C(Cc1cc(Cl)c2c(c1)OCCO2)Nc1ccccc1-n1cncn1. The fourth-order valence-electron chi connectivity index (χ4n) is 2.76. The van der Waals surface area contributed by atoms with Gasteiger partial charge in [-0.1, -0.05) is 23.7 Å². The van der Waals surface area contributed by atoms with Gasteiger partial charge in [0.25, 0.3) is 0 Å². The van der Waals surface area contributed by atoms with Crippen LogP contribution in [-0.2, 0) is 11.2 Å². The van der Waals surface area contributed by atoms with Crippen LogP contribution < -0.4 is 14.8 Å². The van der Waals surface area contributed by atoms with Crippen molar-refractivity contribution in [2.45, 2.75) is 6.42 Å². The smallest absolute Gasteiger partial charge is 0.228 e. The van der Waals surface area contributed by atoms with E-state index < -0.39 is 0 Å². The van der Waals surface area contributed by atoms with Gasteiger partial charge >= 0.3 is 0 Å². The number of ether oxygens (including phenoxy) is 2. The number of carbonyl (C=O) groups is 1. The number of para-hydroxylation sites is 2. The highest BCUT2D eigenvalue weighted by atomic mass is 35.5. The molecule has 1 aromatic heterocycles. The lowest BCUT2D eigenvalue weighted by molar-refractivity contribution is -0.115. The first kappa shape index (κ1) is 16.4. The third-order valence-electron chi connectivity index (χ3n) is 3.87. The number of carbonyl (C=O) groups excluding carboxylic acids is 1. The van der Waals surface area contributed by atoms with Crippen molar-refractivity contribution >= 4 is 23.2 Å². The van der Waals surface area contributed by atoms with Gasteiger partial charge in [0.05, 0.1) is 22.8 Å². The van der Waals surface area contributed by atoms with Gasteiger partial charge in [-0.05, 0) is 29.8 Å². The molecular formula is C18H15ClN4O3. The zero-order chi connectivity index (χ0) is 17.9. The molecule has 0 atom stereocenters. The average Bonchev–Trinajstić information content (AvgIpc) is 3.16. The molecule has 0 spiro atoms. The van der Waals surface area contributed by atoms with Crippen LogP contribution >= 0.6 is 11.6 Å². The summed E-state index contributed by atoms with van der Waals surface area (Å²) in [5.41, 5.74) is 2.13. The fraction of sp³-hybridized carbons (Fsp3) is 0.167. The zero-order valence-corrected chi connectivity index (χ0v) is 14.4. The molecule has 7 nitrogen and oxygen atoms in total. The Morgan fingerprint density at radius 3 is 2.92 bits per heavy atom. The quantitative estimate of drug-likeness (QED) is 0.764. The Morgan fingerprint density at radius 2 is 2.08 bits per heavy atom. The molecule has 26 heavy (non-hydrogen) atoms. The summed E-state index contributed by atoms with van der Waals surface area (Å²) < 4.78 is 12.6. The van der Waals surface area contributed by atoms with Crippen molar-refractivity contribution in [3.8, 4) is 17.2 Å². The highest BCUT2D eigenvalue weighted by Gasteiger charge is 2.18. The molecular weight excluding hydrogens is 356 g/mol. The van der Waals surface area contributed by atoms with E-state index in [0.29, 0.717) is 35.4 Å². The van der Waals surface area contributed by atoms with E-state index in [1.54, 1.807) is 23.1 Å². The summed E-state index contributed by atoms with van der Waals surface area (Å²) in [4.78, 5) is 16.4. The normalized spacial score (nSPS) is 12.7. The number of aromatic nitrogens is 3. The maximum atomic E-state index is 12.5. The van der Waals surface area contributed by atoms with Gasteiger partial charge in [0.2, 0.25) is 5.91 Å². The molecule has 1 aliphatic heterocycles. The van der Waals surface area contributed by atoms with E-state index in [1.807, 2.05) is 24.3 Å². The fourth-order valence-corrected chi connectivity index (χ4v) is 3.05. The molecule has 0 radical (unpaired) electrons. The van der Waals surface area contributed by atoms with Gasteiger partial charge in [0, 0.05) is 0 Å². The number of nitrogens with zero attached hydrogens (tertiary/aromatic N) is 3. The average molecular weight is 371 g/mol. The van der Waals surface area contributed by atoms with E-state index in [2.05, 4.69) is 15.4 Å². The Morgan fingerprint density at radius 1 is 1.23 bits per heavy atom. The van der Waals surface area contributed by atoms with E-state index in [-0.39, 0.29) is 12.3 Å². The minimum atomic E-state index is -0.176. The van der Waals surface area contributed by atoms with E-state index in [9.17, 15) is 4.79 Å². The number of nitrogens with one attached hydrogen (secondary N) is 1. The first-order valence-electron chi connectivity index (χ1n) is 8.02. The molecule has 0 saturated carbocycles. The Bertz CT molecular complexity index is 944. The molecule has 0 fully saturated rings. The number of hydrogen-bond acceptors (Lipinski definition) is 5. The lowest BCUT2D eigenvalue weighted by Gasteiger charge is -2.20. The second-order valence-electron chi connectivity index (χ2n) is 5.68. The predicted octanol–water partition coefficient (Wildman–Crippen LogP) is 2.87. The molecule has 2 heterocycles. The largest absolute Gasteiger partial charge is 0.486 e. The Hall–Kier alpha value is -3.06. The van der Waals surface area contributed by atoms with Crippen LogP contribution in [0.4, 0.5) is 5.69 Å². The third-order valence-corrected chi connectivity index (χ3v) is 4.15. The lowest BCUT2D eigenvalue weighted by atomic mass is 10.1. The zero-order valence-electron chi connectivity index (χ0n) is 13.7. The summed E-state index contributed by atoms with van der Waals surface area (Å²) in [6.07, 6.45) is 3.17. The lowest BCUT2D eigenvalue weighted by Crippen LogP contribution is -2.18. The van der Waals surface area contributed by atoms with Crippen molar-refractivity contribution in [2.24, 2.45) is 0 Å². The number of benzene rings is 2. The molecule has 132 valence electrons. The van der Waals surface area contributed by atoms with Crippen LogP contribution in [0.15, 0.2) is 49.1 Å². The Balaban J connectivity index is 1.53. The van der Waals surface area contributed by atoms with Crippen LogP contribution in [0.25, 0.3) is 5.69 Å². The second-order valence-corrected chi connectivity index (χ2v) is 6.09. The van der Waals surface area contributed by atoms with E-state index in [1.165, 1.54) is 6.33 Å². The molecule has 0 bridgehead atoms. The van der Waals surface area contributed by atoms with Gasteiger partial charge in [-0.3, -0.25) is 4.79 Å². The van der Waals surface area contributed by atoms with Crippen LogP contribution in [0.2, 0.25) is 5.02 Å². The molecule has 8 heteroatoms. The number of rotatable bonds is 4. The molecule has 0 saturated heterocycles. The highest BCUT2D eigenvalue weighted by Crippen LogP contribution is 2.38. The van der Waals surface area contributed by atoms with E-state index in [0.717, 1.165) is 11.3 Å². The number of amides is 1. The Labute approximate surface area is 154 Å². The van der Waals surface area contributed by atoms with Gasteiger partial charge in [0.1, 0.15) is 25.9 Å². The molecule has 1 N–H and O–H groups in total. The molecule has 1 aliphatic rings. The molecule has 4 rings (SSSR count). The van der Waals surface area contributed by atoms with Crippen molar-refractivity contribution in [1.82, 2.24) is 14.8 Å². The van der Waals surface area contributed by atoms with Crippen molar-refractivity contribution in [3.05, 3.63) is 59.6 Å². The highest BCUT2D eigenvalue weighted by molar-refractivity contribution is 6.32. The standard InChI is InChI=1S/C18H15ClN4O3/c19-13-7-12(8-16-18(13)26-6-5-25-16)9-17(24)22-14-3-1-2-4-15(14)23-11-20-10-21-23/h1-4,7-8,10-11H,5-6,9H2,(H,22,24). The van der Waals surface area contributed by atoms with Gasteiger partial charge in [-0.25, -0.2) is 9.67 Å². The second kappa shape index (κ2) is 7.05. The first-order valence-corrected chi connectivity index (χ1v) is 8.40. The van der Waals surface area contributed by atoms with Gasteiger partial charge in [0.15, 0.2) is 11.5 Å². The minimum Gasteiger partial charge on any atom is -0.486 e. The van der Waals surface area contributed by atoms with Crippen LogP contribution in [-0.4, -0.2) is 33.9 Å². The van der Waals surface area contributed by atoms with Crippen molar-refractivity contribution < 1.29 is 14.3 Å². The topological polar surface area (TPSA) is 78.3 Å². The Kier molecular flexibility index (Phi) is 4.45. The summed E-state index contributed by atoms with van der Waals surface area (Å²) in [6, 6.07) is 10.9. The first-order chi connectivity index (χ1) is 12.7. The van der Waals surface area contributed by atoms with Crippen molar-refractivity contribution in [1.29, 1.82) is 0 Å². The van der Waals surface area contributed by atoms with Crippen LogP contribution in [0, 0.1) is 0 Å².